The highest BCUT2D eigenvalue weighted by molar-refractivity contribution is 6.09. The summed E-state index contributed by atoms with van der Waals surface area (Å²) in [6.45, 7) is 0.0776. The Kier molecular flexibility index (Phi) is 2.99. The molecule has 100 valence electrons. The van der Waals surface area contributed by atoms with Gasteiger partial charge in [0.05, 0.1) is 17.8 Å². The van der Waals surface area contributed by atoms with Gasteiger partial charge in [0.1, 0.15) is 0 Å². The minimum Gasteiger partial charge on any atom is -0.332 e. The van der Waals surface area contributed by atoms with E-state index in [1.807, 2.05) is 42.5 Å². The zero-order chi connectivity index (χ0) is 14.1. The van der Waals surface area contributed by atoms with Gasteiger partial charge in [-0.1, -0.05) is 36.4 Å². The van der Waals surface area contributed by atoms with Crippen molar-refractivity contribution < 1.29 is 9.59 Å². The monoisotopic (exact) mass is 266 g/mol. The maximum atomic E-state index is 12.2. The highest BCUT2D eigenvalue weighted by Crippen LogP contribution is 2.27. The summed E-state index contributed by atoms with van der Waals surface area (Å²) in [4.78, 5) is 25.3. The maximum Gasteiger partial charge on any atom is 0.256 e. The Labute approximate surface area is 117 Å². The van der Waals surface area contributed by atoms with Crippen molar-refractivity contribution >= 4 is 17.5 Å². The average molecular weight is 266 g/mol. The van der Waals surface area contributed by atoms with Crippen LogP contribution in [0.25, 0.3) is 11.1 Å². The van der Waals surface area contributed by atoms with Crippen LogP contribution < -0.4 is 5.32 Å². The van der Waals surface area contributed by atoms with E-state index >= 15 is 0 Å². The van der Waals surface area contributed by atoms with Crippen LogP contribution in [0.2, 0.25) is 0 Å². The molecule has 4 heteroatoms. The van der Waals surface area contributed by atoms with Crippen LogP contribution in [0, 0.1) is 0 Å². The van der Waals surface area contributed by atoms with E-state index in [9.17, 15) is 9.59 Å². The number of hydrogen-bond acceptors (Lipinski definition) is 2. The maximum absolute atomic E-state index is 12.2. The van der Waals surface area contributed by atoms with Gasteiger partial charge < -0.3 is 10.2 Å². The number of benzene rings is 2. The molecule has 1 N–H and O–H groups in total. The van der Waals surface area contributed by atoms with Crippen LogP contribution in [0.4, 0.5) is 5.69 Å². The standard InChI is InChI=1S/C16H14N2O2/c1-18-10-15(19)17-14-9-12(7-8-13(14)16(18)20)11-5-3-2-4-6-11/h2-9H,10H2,1H3,(H,17,19). The number of nitrogens with one attached hydrogen (secondary N) is 1. The Hall–Kier alpha value is -2.62. The van der Waals surface area contributed by atoms with Gasteiger partial charge in [0.15, 0.2) is 0 Å². The van der Waals surface area contributed by atoms with Crippen molar-refractivity contribution in [2.24, 2.45) is 0 Å². The first-order valence-electron chi connectivity index (χ1n) is 6.40. The smallest absolute Gasteiger partial charge is 0.256 e. The van der Waals surface area contributed by atoms with E-state index in [1.54, 1.807) is 13.1 Å². The molecule has 2 aromatic rings. The number of fused-ring (bicyclic) bond motifs is 1. The molecular formula is C16H14N2O2. The second-order valence-corrected chi connectivity index (χ2v) is 4.84. The normalized spacial score (nSPS) is 14.6. The van der Waals surface area contributed by atoms with Crippen molar-refractivity contribution in [2.75, 3.05) is 18.9 Å². The highest BCUT2D eigenvalue weighted by atomic mass is 16.2. The SMILES string of the molecule is CN1CC(=O)Nc2cc(-c3ccccc3)ccc2C1=O. The lowest BCUT2D eigenvalue weighted by molar-refractivity contribution is -0.116. The Morgan fingerprint density at radius 1 is 1.00 bits per heavy atom. The predicted molar refractivity (Wildman–Crippen MR) is 77.5 cm³/mol. The fourth-order valence-electron chi connectivity index (χ4n) is 2.33. The van der Waals surface area contributed by atoms with Crippen LogP contribution in [0.3, 0.4) is 0 Å². The number of carbonyl (C=O) groups is 2. The van der Waals surface area contributed by atoms with Gasteiger partial charge in [0.25, 0.3) is 5.91 Å². The summed E-state index contributed by atoms with van der Waals surface area (Å²) in [5.41, 5.74) is 3.13. The van der Waals surface area contributed by atoms with Gasteiger partial charge in [-0.3, -0.25) is 9.59 Å². The molecule has 0 saturated carbocycles. The number of rotatable bonds is 1. The summed E-state index contributed by atoms with van der Waals surface area (Å²) >= 11 is 0. The van der Waals surface area contributed by atoms with Gasteiger partial charge in [0.2, 0.25) is 5.91 Å². The molecule has 0 fully saturated rings. The summed E-state index contributed by atoms with van der Waals surface area (Å²) < 4.78 is 0. The molecule has 20 heavy (non-hydrogen) atoms. The fourth-order valence-corrected chi connectivity index (χ4v) is 2.33. The summed E-state index contributed by atoms with van der Waals surface area (Å²) in [5.74, 6) is -0.317. The summed E-state index contributed by atoms with van der Waals surface area (Å²) in [6.07, 6.45) is 0. The molecule has 1 aliphatic heterocycles. The van der Waals surface area contributed by atoms with Gasteiger partial charge in [-0.05, 0) is 23.3 Å². The number of likely N-dealkylation sites (N-methyl/N-ethyl adjacent to an activating group) is 1. The molecule has 0 unspecified atom stereocenters. The van der Waals surface area contributed by atoms with E-state index < -0.39 is 0 Å². The summed E-state index contributed by atoms with van der Waals surface area (Å²) in [5, 5.41) is 2.79. The van der Waals surface area contributed by atoms with Crippen LogP contribution >= 0.6 is 0 Å². The van der Waals surface area contributed by atoms with E-state index in [2.05, 4.69) is 5.32 Å². The number of carbonyl (C=O) groups excluding carboxylic acids is 2. The first-order chi connectivity index (χ1) is 9.65. The lowest BCUT2D eigenvalue weighted by atomic mass is 10.0. The van der Waals surface area contributed by atoms with Gasteiger partial charge in [0, 0.05) is 7.05 Å². The molecule has 0 radical (unpaired) electrons. The number of amides is 2. The van der Waals surface area contributed by atoms with Crippen molar-refractivity contribution in [2.45, 2.75) is 0 Å². The van der Waals surface area contributed by atoms with Gasteiger partial charge in [-0.2, -0.15) is 0 Å². The molecule has 0 bridgehead atoms. The van der Waals surface area contributed by atoms with E-state index in [1.165, 1.54) is 4.90 Å². The molecule has 2 aromatic carbocycles. The molecule has 0 aromatic heterocycles. The van der Waals surface area contributed by atoms with Gasteiger partial charge >= 0.3 is 0 Å². The minimum atomic E-state index is -0.176. The largest absolute Gasteiger partial charge is 0.332 e. The summed E-state index contributed by atoms with van der Waals surface area (Å²) in [6, 6.07) is 15.4. The average Bonchev–Trinajstić information content (AvgIpc) is 2.56. The van der Waals surface area contributed by atoms with E-state index in [0.717, 1.165) is 11.1 Å². The van der Waals surface area contributed by atoms with E-state index in [0.29, 0.717) is 11.3 Å². The molecule has 4 nitrogen and oxygen atoms in total. The van der Waals surface area contributed by atoms with Crippen molar-refractivity contribution in [3.05, 3.63) is 54.1 Å². The second kappa shape index (κ2) is 4.81. The molecule has 0 atom stereocenters. The lowest BCUT2D eigenvalue weighted by Crippen LogP contribution is -2.31. The van der Waals surface area contributed by atoms with E-state index in [-0.39, 0.29) is 18.4 Å². The number of nitrogens with zero attached hydrogens (tertiary/aromatic N) is 1. The quantitative estimate of drug-likeness (QED) is 0.861. The molecule has 2 amide bonds. The Bertz CT molecular complexity index is 680. The third-order valence-corrected chi connectivity index (χ3v) is 3.36. The highest BCUT2D eigenvalue weighted by Gasteiger charge is 2.23. The zero-order valence-electron chi connectivity index (χ0n) is 11.1. The van der Waals surface area contributed by atoms with Crippen LogP contribution in [0.15, 0.2) is 48.5 Å². The second-order valence-electron chi connectivity index (χ2n) is 4.84. The van der Waals surface area contributed by atoms with Crippen molar-refractivity contribution in [1.29, 1.82) is 0 Å². The predicted octanol–water partition coefficient (Wildman–Crippen LogP) is 2.38. The van der Waals surface area contributed by atoms with Crippen LogP contribution in [-0.4, -0.2) is 30.3 Å². The van der Waals surface area contributed by atoms with Crippen LogP contribution in [-0.2, 0) is 4.79 Å². The molecule has 0 saturated heterocycles. The molecular weight excluding hydrogens is 252 g/mol. The van der Waals surface area contributed by atoms with E-state index in [4.69, 9.17) is 0 Å². The van der Waals surface area contributed by atoms with Gasteiger partial charge in [-0.25, -0.2) is 0 Å². The van der Waals surface area contributed by atoms with Crippen LogP contribution in [0.1, 0.15) is 10.4 Å². The molecule has 0 spiro atoms. The zero-order valence-corrected chi connectivity index (χ0v) is 11.1. The van der Waals surface area contributed by atoms with Crippen LogP contribution in [0.5, 0.6) is 0 Å². The third-order valence-electron chi connectivity index (χ3n) is 3.36. The third kappa shape index (κ3) is 2.16. The summed E-state index contributed by atoms with van der Waals surface area (Å²) in [7, 11) is 1.63. The Morgan fingerprint density at radius 2 is 1.75 bits per heavy atom. The molecule has 3 rings (SSSR count). The molecule has 0 aliphatic carbocycles. The minimum absolute atomic E-state index is 0.0776. The van der Waals surface area contributed by atoms with Gasteiger partial charge in [-0.15, -0.1) is 0 Å². The Balaban J connectivity index is 2.09. The first-order valence-corrected chi connectivity index (χ1v) is 6.40. The first kappa shape index (κ1) is 12.4. The van der Waals surface area contributed by atoms with Crippen molar-refractivity contribution in [3.8, 4) is 11.1 Å². The number of hydrogen-bond donors (Lipinski definition) is 1. The lowest BCUT2D eigenvalue weighted by Gasteiger charge is -2.12. The van der Waals surface area contributed by atoms with Crippen molar-refractivity contribution in [3.63, 3.8) is 0 Å². The Morgan fingerprint density at radius 3 is 2.50 bits per heavy atom. The fraction of sp³-hybridized carbons (Fsp3) is 0.125. The molecule has 1 aliphatic rings. The molecule has 1 heterocycles. The van der Waals surface area contributed by atoms with Crippen molar-refractivity contribution in [1.82, 2.24) is 4.90 Å². The number of anilines is 1. The topological polar surface area (TPSA) is 49.4 Å².